The van der Waals surface area contributed by atoms with Gasteiger partial charge in [-0.05, 0) is 84.3 Å². The summed E-state index contributed by atoms with van der Waals surface area (Å²) in [5, 5.41) is 38.6. The van der Waals surface area contributed by atoms with Gasteiger partial charge in [-0.15, -0.1) is 0 Å². The maximum atomic E-state index is 12.3. The molecule has 162 valence electrons. The predicted molar refractivity (Wildman–Crippen MR) is 117 cm³/mol. The minimum atomic E-state index is -0.624. The van der Waals surface area contributed by atoms with Crippen LogP contribution in [0.5, 0.6) is 28.7 Å². The Labute approximate surface area is 181 Å². The molecule has 0 radical (unpaired) electrons. The monoisotopic (exact) mass is 422 g/mol. The van der Waals surface area contributed by atoms with Crippen LogP contribution in [0.1, 0.15) is 35.3 Å². The molecule has 0 saturated heterocycles. The van der Waals surface area contributed by atoms with Crippen molar-refractivity contribution >= 4 is 5.97 Å². The van der Waals surface area contributed by atoms with Crippen LogP contribution in [0.25, 0.3) is 0 Å². The molecule has 0 spiro atoms. The molecule has 0 aliphatic carbocycles. The van der Waals surface area contributed by atoms with E-state index in [1.807, 2.05) is 0 Å². The average Bonchev–Trinajstić information content (AvgIpc) is 2.73. The lowest BCUT2D eigenvalue weighted by molar-refractivity contribution is 0.0729. The Morgan fingerprint density at radius 3 is 1.87 bits per heavy atom. The second-order valence-electron chi connectivity index (χ2n) is 7.92. The minimum Gasteiger partial charge on any atom is -0.508 e. The van der Waals surface area contributed by atoms with Gasteiger partial charge < -0.3 is 25.2 Å². The van der Waals surface area contributed by atoms with Crippen molar-refractivity contribution in [2.45, 2.75) is 26.7 Å². The largest absolute Gasteiger partial charge is 0.508 e. The molecule has 6 nitrogen and oxygen atoms in total. The molecule has 3 aromatic rings. The van der Waals surface area contributed by atoms with Gasteiger partial charge in [0.25, 0.3) is 0 Å². The van der Waals surface area contributed by atoms with Crippen molar-refractivity contribution in [3.63, 3.8) is 0 Å². The Kier molecular flexibility index (Phi) is 6.70. The number of carbonyl (C=O) groups is 1. The van der Waals surface area contributed by atoms with Crippen molar-refractivity contribution in [1.82, 2.24) is 0 Å². The summed E-state index contributed by atoms with van der Waals surface area (Å²) in [7, 11) is 0. The van der Waals surface area contributed by atoms with Crippen molar-refractivity contribution in [2.75, 3.05) is 0 Å². The van der Waals surface area contributed by atoms with Crippen molar-refractivity contribution in [1.29, 1.82) is 0 Å². The molecule has 2 atom stereocenters. The van der Waals surface area contributed by atoms with Gasteiger partial charge >= 0.3 is 5.97 Å². The molecule has 2 unspecified atom stereocenters. The van der Waals surface area contributed by atoms with Crippen LogP contribution in [0.4, 0.5) is 0 Å². The number of hydrogen-bond donors (Lipinski definition) is 4. The molecule has 31 heavy (non-hydrogen) atoms. The van der Waals surface area contributed by atoms with E-state index < -0.39 is 5.97 Å². The van der Waals surface area contributed by atoms with Gasteiger partial charge in [0, 0.05) is 0 Å². The predicted octanol–water partition coefficient (Wildman–Crippen LogP) is 4.79. The number of phenolic OH excluding ortho intramolecular Hbond substituents is 4. The van der Waals surface area contributed by atoms with E-state index in [4.69, 9.17) is 4.74 Å². The number of phenols is 4. The van der Waals surface area contributed by atoms with Gasteiger partial charge in [-0.1, -0.05) is 26.0 Å². The van der Waals surface area contributed by atoms with Crippen LogP contribution >= 0.6 is 0 Å². The topological polar surface area (TPSA) is 107 Å². The van der Waals surface area contributed by atoms with Gasteiger partial charge in [0.1, 0.15) is 5.75 Å². The lowest BCUT2D eigenvalue weighted by Crippen LogP contribution is -2.14. The quantitative estimate of drug-likeness (QED) is 0.248. The third kappa shape index (κ3) is 5.69. The summed E-state index contributed by atoms with van der Waals surface area (Å²) in [5.74, 6) is -0.344. The zero-order valence-electron chi connectivity index (χ0n) is 17.4. The van der Waals surface area contributed by atoms with Gasteiger partial charge in [-0.2, -0.15) is 0 Å². The number of aromatic hydroxyl groups is 4. The third-order valence-electron chi connectivity index (χ3n) is 5.46. The number of ether oxygens (including phenoxy) is 1. The molecular weight excluding hydrogens is 396 g/mol. The highest BCUT2D eigenvalue weighted by molar-refractivity contribution is 5.91. The molecule has 0 fully saturated rings. The highest BCUT2D eigenvalue weighted by Crippen LogP contribution is 2.31. The van der Waals surface area contributed by atoms with Gasteiger partial charge in [-0.3, -0.25) is 0 Å². The Hall–Kier alpha value is -3.67. The van der Waals surface area contributed by atoms with Gasteiger partial charge in [0.05, 0.1) is 5.56 Å². The first-order valence-electron chi connectivity index (χ1n) is 10.1. The van der Waals surface area contributed by atoms with Crippen LogP contribution in [0.3, 0.4) is 0 Å². The summed E-state index contributed by atoms with van der Waals surface area (Å²) < 4.78 is 5.35. The zero-order chi connectivity index (χ0) is 22.5. The highest BCUT2D eigenvalue weighted by Gasteiger charge is 2.17. The van der Waals surface area contributed by atoms with E-state index in [1.165, 1.54) is 36.4 Å². The number of hydrogen-bond acceptors (Lipinski definition) is 6. The van der Waals surface area contributed by atoms with Gasteiger partial charge in [-0.25, -0.2) is 4.79 Å². The van der Waals surface area contributed by atoms with Gasteiger partial charge in [0.2, 0.25) is 0 Å². The highest BCUT2D eigenvalue weighted by atomic mass is 16.5. The zero-order valence-corrected chi connectivity index (χ0v) is 17.4. The summed E-state index contributed by atoms with van der Waals surface area (Å²) in [6, 6.07) is 15.5. The summed E-state index contributed by atoms with van der Waals surface area (Å²) in [6.45, 7) is 4.22. The van der Waals surface area contributed by atoms with E-state index in [9.17, 15) is 25.2 Å². The average molecular weight is 422 g/mol. The van der Waals surface area contributed by atoms with E-state index in [0.717, 1.165) is 17.5 Å². The first kappa shape index (κ1) is 22.0. The minimum absolute atomic E-state index is 0.0482. The van der Waals surface area contributed by atoms with Crippen molar-refractivity contribution in [3.05, 3.63) is 77.4 Å². The second-order valence-corrected chi connectivity index (χ2v) is 7.92. The fourth-order valence-electron chi connectivity index (χ4n) is 3.37. The number of carbonyl (C=O) groups excluding carboxylic acids is 1. The van der Waals surface area contributed by atoms with Crippen LogP contribution in [-0.4, -0.2) is 26.4 Å². The Morgan fingerprint density at radius 1 is 0.742 bits per heavy atom. The summed E-state index contributed by atoms with van der Waals surface area (Å²) in [6.07, 6.45) is 1.44. The van der Waals surface area contributed by atoms with Crippen molar-refractivity contribution in [3.8, 4) is 28.7 Å². The molecule has 6 heteroatoms. The number of rotatable bonds is 7. The lowest BCUT2D eigenvalue weighted by atomic mass is 9.85. The number of benzene rings is 3. The third-order valence-corrected chi connectivity index (χ3v) is 5.46. The normalized spacial score (nSPS) is 12.8. The smallest absolute Gasteiger partial charge is 0.343 e. The summed E-state index contributed by atoms with van der Waals surface area (Å²) in [4.78, 5) is 12.3. The van der Waals surface area contributed by atoms with Crippen molar-refractivity contribution in [2.24, 2.45) is 11.8 Å². The molecule has 0 bridgehead atoms. The van der Waals surface area contributed by atoms with E-state index in [-0.39, 0.29) is 46.1 Å². The molecule has 0 saturated carbocycles. The maximum Gasteiger partial charge on any atom is 0.343 e. The van der Waals surface area contributed by atoms with E-state index >= 15 is 0 Å². The van der Waals surface area contributed by atoms with Crippen LogP contribution in [0.15, 0.2) is 60.7 Å². The molecule has 0 aliphatic rings. The van der Waals surface area contributed by atoms with Crippen LogP contribution in [0.2, 0.25) is 0 Å². The second kappa shape index (κ2) is 9.43. The number of esters is 1. The van der Waals surface area contributed by atoms with E-state index in [0.29, 0.717) is 6.42 Å². The van der Waals surface area contributed by atoms with Crippen LogP contribution < -0.4 is 4.74 Å². The fraction of sp³-hybridized carbons (Fsp3) is 0.240. The van der Waals surface area contributed by atoms with Gasteiger partial charge in [0.15, 0.2) is 23.0 Å². The summed E-state index contributed by atoms with van der Waals surface area (Å²) >= 11 is 0. The molecule has 3 aromatic carbocycles. The fourth-order valence-corrected chi connectivity index (χ4v) is 3.37. The molecule has 0 heterocycles. The standard InChI is InChI=1S/C25H26O6/c1-15(11-17-3-9-21(27)23(29)13-17)16(2)12-18-4-10-22(28)24(14-18)31-25(30)19-5-7-20(26)8-6-19/h3-10,13-16,26-29H,11-12H2,1-2H3. The van der Waals surface area contributed by atoms with Crippen molar-refractivity contribution < 1.29 is 30.0 Å². The Morgan fingerprint density at radius 2 is 1.29 bits per heavy atom. The van der Waals surface area contributed by atoms with Crippen LogP contribution in [-0.2, 0) is 12.8 Å². The lowest BCUT2D eigenvalue weighted by Gasteiger charge is -2.21. The SMILES string of the molecule is CC(Cc1ccc(O)c(O)c1)C(C)Cc1ccc(O)c(OC(=O)c2ccc(O)cc2)c1. The molecular formula is C25H26O6. The van der Waals surface area contributed by atoms with Crippen LogP contribution in [0, 0.1) is 11.8 Å². The van der Waals surface area contributed by atoms with E-state index in [2.05, 4.69) is 13.8 Å². The maximum absolute atomic E-state index is 12.3. The van der Waals surface area contributed by atoms with E-state index in [1.54, 1.807) is 24.3 Å². The molecule has 3 rings (SSSR count). The molecule has 0 aliphatic heterocycles. The molecule has 4 N–H and O–H groups in total. The molecule has 0 amide bonds. The Balaban J connectivity index is 1.66. The Bertz CT molecular complexity index is 1060. The summed E-state index contributed by atoms with van der Waals surface area (Å²) in [5.41, 5.74) is 2.12. The first-order chi connectivity index (χ1) is 14.7. The first-order valence-corrected chi connectivity index (χ1v) is 10.1. The molecule has 0 aromatic heterocycles.